The lowest BCUT2D eigenvalue weighted by Gasteiger charge is -2.34. The summed E-state index contributed by atoms with van der Waals surface area (Å²) in [5.74, 6) is -9.46. The Labute approximate surface area is 526 Å². The maximum Gasteiger partial charge on any atom is 0.157 e. The van der Waals surface area contributed by atoms with E-state index in [1.54, 1.807) is 73.4 Å². The topological polar surface area (TPSA) is 127 Å². The number of halogens is 14. The van der Waals surface area contributed by atoms with Crippen molar-refractivity contribution in [3.8, 4) is 44.5 Å². The minimum Gasteiger partial charge on any atom is -0.356 e. The summed E-state index contributed by atoms with van der Waals surface area (Å²) in [6, 6.07) is 11.9. The Bertz CT molecular complexity index is 4520. The minimum absolute atomic E-state index is 0.0157. The molecule has 0 saturated carbocycles. The van der Waals surface area contributed by atoms with E-state index in [-0.39, 0.29) is 32.6 Å². The summed E-state index contributed by atoms with van der Waals surface area (Å²) in [5.41, 5.74) is 3.33. The van der Waals surface area contributed by atoms with Gasteiger partial charge in [0.25, 0.3) is 0 Å². The van der Waals surface area contributed by atoms with Gasteiger partial charge in [-0.1, -0.05) is 37.0 Å². The fourth-order valence-electron chi connectivity index (χ4n) is 11.4. The average Bonchev–Trinajstić information content (AvgIpc) is 1.30. The predicted octanol–water partition coefficient (Wildman–Crippen LogP) is 16.3. The van der Waals surface area contributed by atoms with E-state index in [0.29, 0.717) is 128 Å². The number of benzene rings is 4. The van der Waals surface area contributed by atoms with E-state index < -0.39 is 80.9 Å². The van der Waals surface area contributed by atoms with Crippen LogP contribution in [0.2, 0.25) is 10.3 Å². The summed E-state index contributed by atoms with van der Waals surface area (Å²) >= 11 is 12.1. The number of nitrogens with zero attached hydrogens (tertiary/aromatic N) is 14. The average molecular weight is 1320 g/mol. The zero-order valence-corrected chi connectivity index (χ0v) is 51.1. The number of aromatic nitrogens is 12. The second kappa shape index (κ2) is 26.1. The first kappa shape index (κ1) is 64.2. The number of hydrogen-bond acceptors (Lipinski definition) is 10. The Hall–Kier alpha value is -9.30. The molecule has 12 aromatic rings. The first-order valence-electron chi connectivity index (χ1n) is 28.7. The largest absolute Gasteiger partial charge is 0.356 e. The van der Waals surface area contributed by atoms with Crippen LogP contribution >= 0.6 is 23.2 Å². The van der Waals surface area contributed by atoms with Crippen LogP contribution in [0, 0.1) is 109 Å². The summed E-state index contributed by atoms with van der Waals surface area (Å²) in [6.45, 7) is 14.0. The summed E-state index contributed by atoms with van der Waals surface area (Å²) in [6.07, 6.45) is 10.1. The molecule has 92 heavy (non-hydrogen) atoms. The molecule has 0 aliphatic carbocycles. The molecule has 0 unspecified atom stereocenters. The molecule has 2 saturated heterocycles. The zero-order valence-electron chi connectivity index (χ0n) is 49.6. The lowest BCUT2D eigenvalue weighted by atomic mass is 9.97. The predicted molar refractivity (Wildman–Crippen MR) is 323 cm³/mol. The van der Waals surface area contributed by atoms with Crippen LogP contribution in [0.4, 0.5) is 64.3 Å². The van der Waals surface area contributed by atoms with E-state index in [9.17, 15) is 52.7 Å². The highest BCUT2D eigenvalue weighted by atomic mass is 35.5. The first-order chi connectivity index (χ1) is 43.9. The van der Waals surface area contributed by atoms with E-state index >= 15 is 0 Å². The van der Waals surface area contributed by atoms with Gasteiger partial charge in [-0.2, -0.15) is 24.9 Å². The Morgan fingerprint density at radius 2 is 0.674 bits per heavy atom. The third-order valence-electron chi connectivity index (χ3n) is 16.0. The van der Waals surface area contributed by atoms with E-state index in [0.717, 1.165) is 51.9 Å². The zero-order chi connectivity index (χ0) is 65.7. The lowest BCUT2D eigenvalue weighted by molar-refractivity contribution is 0.435. The van der Waals surface area contributed by atoms with Gasteiger partial charge < -0.3 is 9.80 Å². The van der Waals surface area contributed by atoms with Crippen LogP contribution < -0.4 is 9.80 Å². The van der Waals surface area contributed by atoms with Crippen LogP contribution in [0.5, 0.6) is 0 Å². The van der Waals surface area contributed by atoms with Crippen LogP contribution in [-0.4, -0.2) is 84.6 Å². The molecule has 0 atom stereocenters. The van der Waals surface area contributed by atoms with Crippen LogP contribution in [0.15, 0.2) is 97.6 Å². The van der Waals surface area contributed by atoms with Gasteiger partial charge in [-0.3, -0.25) is 0 Å². The molecule has 14 rings (SSSR count). The maximum absolute atomic E-state index is 14.6. The molecule has 2 aliphatic heterocycles. The molecular formula is C64H52Cl2F12N14. The highest BCUT2D eigenvalue weighted by Crippen LogP contribution is 2.42. The van der Waals surface area contributed by atoms with Crippen molar-refractivity contribution in [3.63, 3.8) is 0 Å². The van der Waals surface area contributed by atoms with Gasteiger partial charge in [0.2, 0.25) is 0 Å². The van der Waals surface area contributed by atoms with E-state index in [1.807, 2.05) is 0 Å². The van der Waals surface area contributed by atoms with Crippen molar-refractivity contribution in [2.24, 2.45) is 11.8 Å². The molecule has 2 aliphatic rings. The fraction of sp³-hybridized carbons (Fsp3) is 0.250. The van der Waals surface area contributed by atoms with E-state index in [2.05, 4.69) is 64.0 Å². The van der Waals surface area contributed by atoms with Crippen molar-refractivity contribution < 1.29 is 52.7 Å². The summed E-state index contributed by atoms with van der Waals surface area (Å²) < 4.78 is 172. The van der Waals surface area contributed by atoms with Crippen molar-refractivity contribution >= 4 is 57.4 Å². The second-order valence-electron chi connectivity index (χ2n) is 22.2. The second-order valence-corrected chi connectivity index (χ2v) is 23.0. The van der Waals surface area contributed by atoms with Gasteiger partial charge in [-0.15, -0.1) is 0 Å². The van der Waals surface area contributed by atoms with Crippen LogP contribution in [0.3, 0.4) is 0 Å². The number of piperidine rings is 2. The number of anilines is 2. The van der Waals surface area contributed by atoms with Crippen LogP contribution in [-0.2, 0) is 0 Å². The third-order valence-corrected chi connectivity index (χ3v) is 16.6. The highest BCUT2D eigenvalue weighted by molar-refractivity contribution is 6.33. The number of aryl methyl sites for hydroxylation is 4. The molecule has 28 heteroatoms. The standard InChI is InChI=1S/2C19H19F3N4.2C13H7ClF3N3/c1-11-4-7-25(8-5-11)19-17(12(2)26-16(24-19)3-6-23-26)18-14(21)9-13(20)10-15(18)22;1-11-4-7-25(8-5-11)19-17(12(2)24-16-3-6-23-26(16)19)18-14(21)9-13(20)10-15(18)22;1-6-11(12-8(16)4-7(15)5-9(12)17)13(14)19-10-2-3-18-20(6)10;1-6-11(12-8(16)4-7(15)5-9(12)17)13(14)20-10(19-6)2-3-18-20/h2*3,6,9-11H,4-5,7-8H2,1-2H3;2*2-5H,1H3. The van der Waals surface area contributed by atoms with Crippen molar-refractivity contribution in [1.29, 1.82) is 0 Å². The third kappa shape index (κ3) is 12.5. The first-order valence-corrected chi connectivity index (χ1v) is 29.4. The Morgan fingerprint density at radius 1 is 0.359 bits per heavy atom. The Morgan fingerprint density at radius 3 is 1.11 bits per heavy atom. The quantitative estimate of drug-likeness (QED) is 0.117. The van der Waals surface area contributed by atoms with Gasteiger partial charge in [0.05, 0.1) is 80.9 Å². The molecular weight excluding hydrogens is 1260 g/mol. The highest BCUT2D eigenvalue weighted by Gasteiger charge is 2.31. The van der Waals surface area contributed by atoms with Gasteiger partial charge in [0, 0.05) is 110 Å². The molecule has 0 amide bonds. The van der Waals surface area contributed by atoms with E-state index in [1.165, 1.54) is 21.4 Å². The smallest absolute Gasteiger partial charge is 0.157 e. The maximum atomic E-state index is 14.6. The molecule has 14 nitrogen and oxygen atoms in total. The fourth-order valence-corrected chi connectivity index (χ4v) is 12.1. The van der Waals surface area contributed by atoms with Gasteiger partial charge in [0.15, 0.2) is 22.6 Å². The molecule has 0 bridgehead atoms. The summed E-state index contributed by atoms with van der Waals surface area (Å²) in [7, 11) is 0. The Kier molecular flexibility index (Phi) is 18.2. The van der Waals surface area contributed by atoms with Crippen molar-refractivity contribution in [1.82, 2.24) is 58.4 Å². The Balaban J connectivity index is 0.000000127. The molecule has 0 N–H and O–H groups in total. The van der Waals surface area contributed by atoms with Crippen LogP contribution in [0.1, 0.15) is 62.3 Å². The van der Waals surface area contributed by atoms with Crippen molar-refractivity contribution in [3.05, 3.63) is 200 Å². The van der Waals surface area contributed by atoms with Gasteiger partial charge >= 0.3 is 0 Å². The molecule has 10 heterocycles. The monoisotopic (exact) mass is 1310 g/mol. The van der Waals surface area contributed by atoms with Crippen molar-refractivity contribution in [2.45, 2.75) is 67.2 Å². The number of rotatable bonds is 6. The van der Waals surface area contributed by atoms with Crippen LogP contribution in [0.25, 0.3) is 67.1 Å². The summed E-state index contributed by atoms with van der Waals surface area (Å²) in [5, 5.41) is 16.4. The molecule has 476 valence electrons. The van der Waals surface area contributed by atoms with Gasteiger partial charge in [-0.25, -0.2) is 86.2 Å². The van der Waals surface area contributed by atoms with E-state index in [4.69, 9.17) is 23.2 Å². The van der Waals surface area contributed by atoms with Gasteiger partial charge in [-0.05, 0) is 65.2 Å². The molecule has 4 aromatic carbocycles. The molecule has 0 radical (unpaired) electrons. The lowest BCUT2D eigenvalue weighted by Crippen LogP contribution is -2.35. The molecule has 8 aromatic heterocycles. The van der Waals surface area contributed by atoms with Gasteiger partial charge in [0.1, 0.15) is 91.7 Å². The SMILES string of the molecule is Cc1c(-c2c(F)cc(F)cc2F)c(Cl)nc2ccnn12.Cc1c(-c2c(F)cc(F)cc2F)c(N2CCC(C)CC2)nc2ccnn12.Cc1nc2ccnn2c(Cl)c1-c1c(F)cc(F)cc1F.Cc1nc2ccnn2c(N2CCC(C)CC2)c1-c1c(F)cc(F)cc1F. The number of fused-ring (bicyclic) bond motifs is 4. The van der Waals surface area contributed by atoms with Crippen molar-refractivity contribution in [2.75, 3.05) is 36.0 Å². The molecule has 0 spiro atoms. The number of hydrogen-bond donors (Lipinski definition) is 0. The molecule has 2 fully saturated rings. The summed E-state index contributed by atoms with van der Waals surface area (Å²) in [4.78, 5) is 21.4. The normalized spacial score (nSPS) is 13.8. The minimum atomic E-state index is -1.04.